The Hall–Kier alpha value is -1.88. The third kappa shape index (κ3) is 2.04. The lowest BCUT2D eigenvalue weighted by Gasteiger charge is -2.15. The maximum absolute atomic E-state index is 10.7. The fourth-order valence-corrected chi connectivity index (χ4v) is 2.06. The van der Waals surface area contributed by atoms with Gasteiger partial charge < -0.3 is 10.0 Å². The van der Waals surface area contributed by atoms with Crippen LogP contribution < -0.4 is 4.90 Å². The SMILES string of the molecule is CN(c1ccccc1)c1nc(C(=O)O)cs1. The van der Waals surface area contributed by atoms with E-state index in [0.29, 0.717) is 5.13 Å². The van der Waals surface area contributed by atoms with Crippen LogP contribution in [0.3, 0.4) is 0 Å². The van der Waals surface area contributed by atoms with Crippen LogP contribution in [0.1, 0.15) is 10.5 Å². The Balaban J connectivity index is 2.27. The Kier molecular flexibility index (Phi) is 2.87. The number of aromatic carboxylic acids is 1. The van der Waals surface area contributed by atoms with E-state index in [1.165, 1.54) is 16.7 Å². The number of hydrogen-bond donors (Lipinski definition) is 1. The highest BCUT2D eigenvalue weighted by Crippen LogP contribution is 2.26. The predicted molar refractivity (Wildman–Crippen MR) is 63.6 cm³/mol. The van der Waals surface area contributed by atoms with Crippen LogP contribution in [-0.2, 0) is 0 Å². The Morgan fingerprint density at radius 2 is 2.06 bits per heavy atom. The van der Waals surface area contributed by atoms with Crippen LogP contribution in [-0.4, -0.2) is 23.1 Å². The minimum absolute atomic E-state index is 0.0859. The fourth-order valence-electron chi connectivity index (χ4n) is 1.28. The molecule has 1 heterocycles. The Labute approximate surface area is 96.8 Å². The highest BCUT2D eigenvalue weighted by Gasteiger charge is 2.12. The summed E-state index contributed by atoms with van der Waals surface area (Å²) in [6, 6.07) is 9.68. The second kappa shape index (κ2) is 4.32. The lowest BCUT2D eigenvalue weighted by molar-refractivity contribution is 0.0691. The lowest BCUT2D eigenvalue weighted by atomic mass is 10.3. The van der Waals surface area contributed by atoms with Crippen molar-refractivity contribution in [2.45, 2.75) is 0 Å². The largest absolute Gasteiger partial charge is 0.476 e. The molecule has 0 bridgehead atoms. The Morgan fingerprint density at radius 1 is 1.38 bits per heavy atom. The molecule has 1 N–H and O–H groups in total. The van der Waals surface area contributed by atoms with E-state index in [9.17, 15) is 4.79 Å². The zero-order chi connectivity index (χ0) is 11.5. The number of aromatic nitrogens is 1. The molecular weight excluding hydrogens is 224 g/mol. The number of carboxylic acid groups (broad SMARTS) is 1. The van der Waals surface area contributed by atoms with Gasteiger partial charge in [0.05, 0.1) is 0 Å². The van der Waals surface area contributed by atoms with Gasteiger partial charge >= 0.3 is 5.97 Å². The molecule has 16 heavy (non-hydrogen) atoms. The molecule has 4 nitrogen and oxygen atoms in total. The normalized spacial score (nSPS) is 10.1. The van der Waals surface area contributed by atoms with Gasteiger partial charge in [0.15, 0.2) is 10.8 Å². The number of carbonyl (C=O) groups is 1. The van der Waals surface area contributed by atoms with Crippen LogP contribution >= 0.6 is 11.3 Å². The van der Waals surface area contributed by atoms with E-state index >= 15 is 0 Å². The van der Waals surface area contributed by atoms with Crippen LogP contribution in [0, 0.1) is 0 Å². The van der Waals surface area contributed by atoms with Crippen molar-refractivity contribution in [3.8, 4) is 0 Å². The molecule has 0 unspecified atom stereocenters. The number of benzene rings is 1. The van der Waals surface area contributed by atoms with Crippen LogP contribution in [0.4, 0.5) is 10.8 Å². The molecule has 82 valence electrons. The highest BCUT2D eigenvalue weighted by atomic mass is 32.1. The predicted octanol–water partition coefficient (Wildman–Crippen LogP) is 2.61. The molecule has 0 spiro atoms. The smallest absolute Gasteiger partial charge is 0.355 e. The van der Waals surface area contributed by atoms with Gasteiger partial charge in [0, 0.05) is 18.1 Å². The molecule has 1 aromatic carbocycles. The number of anilines is 2. The van der Waals surface area contributed by atoms with Crippen LogP contribution in [0.5, 0.6) is 0 Å². The molecule has 0 fully saturated rings. The molecule has 0 saturated heterocycles. The topological polar surface area (TPSA) is 53.4 Å². The fraction of sp³-hybridized carbons (Fsp3) is 0.0909. The van der Waals surface area contributed by atoms with Crippen molar-refractivity contribution in [3.05, 3.63) is 41.4 Å². The summed E-state index contributed by atoms with van der Waals surface area (Å²) in [6.07, 6.45) is 0. The molecule has 0 atom stereocenters. The third-order valence-corrected chi connectivity index (χ3v) is 3.06. The first-order chi connectivity index (χ1) is 7.68. The Morgan fingerprint density at radius 3 is 2.62 bits per heavy atom. The molecule has 0 aliphatic rings. The summed E-state index contributed by atoms with van der Waals surface area (Å²) in [6.45, 7) is 0. The summed E-state index contributed by atoms with van der Waals surface area (Å²) >= 11 is 1.31. The first-order valence-electron chi connectivity index (χ1n) is 4.66. The van der Waals surface area contributed by atoms with Gasteiger partial charge in [-0.15, -0.1) is 11.3 Å². The molecule has 0 aliphatic carbocycles. The van der Waals surface area contributed by atoms with Crippen LogP contribution in [0.15, 0.2) is 35.7 Å². The third-order valence-electron chi connectivity index (χ3n) is 2.14. The molecule has 2 aromatic rings. The van der Waals surface area contributed by atoms with Crippen molar-refractivity contribution in [3.63, 3.8) is 0 Å². The molecule has 0 saturated carbocycles. The van der Waals surface area contributed by atoms with Crippen molar-refractivity contribution in [1.82, 2.24) is 4.98 Å². The molecule has 0 amide bonds. The second-order valence-electron chi connectivity index (χ2n) is 3.22. The van der Waals surface area contributed by atoms with Crippen LogP contribution in [0.2, 0.25) is 0 Å². The highest BCUT2D eigenvalue weighted by molar-refractivity contribution is 7.14. The van der Waals surface area contributed by atoms with Crippen molar-refractivity contribution in [1.29, 1.82) is 0 Å². The van der Waals surface area contributed by atoms with E-state index in [-0.39, 0.29) is 5.69 Å². The zero-order valence-corrected chi connectivity index (χ0v) is 9.44. The summed E-state index contributed by atoms with van der Waals surface area (Å²) in [7, 11) is 1.86. The average Bonchev–Trinajstić information content (AvgIpc) is 2.78. The molecule has 0 aliphatic heterocycles. The first kappa shape index (κ1) is 10.6. The van der Waals surface area contributed by atoms with Crippen LogP contribution in [0.25, 0.3) is 0 Å². The van der Waals surface area contributed by atoms with Gasteiger partial charge in [-0.25, -0.2) is 9.78 Å². The lowest BCUT2D eigenvalue weighted by Crippen LogP contribution is -2.09. The molecular formula is C11H10N2O2S. The number of carboxylic acids is 1. The van der Waals surface area contributed by atoms with E-state index in [2.05, 4.69) is 4.98 Å². The molecule has 0 radical (unpaired) electrons. The quantitative estimate of drug-likeness (QED) is 0.887. The molecule has 5 heteroatoms. The molecule has 1 aromatic heterocycles. The van der Waals surface area contributed by atoms with Gasteiger partial charge in [-0.1, -0.05) is 18.2 Å². The maximum atomic E-state index is 10.7. The van der Waals surface area contributed by atoms with Gasteiger partial charge in [-0.3, -0.25) is 0 Å². The monoisotopic (exact) mass is 234 g/mol. The number of rotatable bonds is 3. The molecule has 2 rings (SSSR count). The van der Waals surface area contributed by atoms with Crippen molar-refractivity contribution in [2.75, 3.05) is 11.9 Å². The summed E-state index contributed by atoms with van der Waals surface area (Å²) in [5, 5.41) is 11.0. The van der Waals surface area contributed by atoms with Crippen molar-refractivity contribution >= 4 is 28.1 Å². The van der Waals surface area contributed by atoms with E-state index in [4.69, 9.17) is 5.11 Å². The zero-order valence-electron chi connectivity index (χ0n) is 8.62. The Bertz CT molecular complexity index is 496. The van der Waals surface area contributed by atoms with Crippen molar-refractivity contribution in [2.24, 2.45) is 0 Å². The summed E-state index contributed by atoms with van der Waals surface area (Å²) in [5.74, 6) is -0.996. The van der Waals surface area contributed by atoms with Gasteiger partial charge in [0.2, 0.25) is 0 Å². The first-order valence-corrected chi connectivity index (χ1v) is 5.54. The van der Waals surface area contributed by atoms with E-state index in [1.54, 1.807) is 0 Å². The summed E-state index contributed by atoms with van der Waals surface area (Å²) < 4.78 is 0. The number of nitrogens with zero attached hydrogens (tertiary/aromatic N) is 2. The number of hydrogen-bond acceptors (Lipinski definition) is 4. The van der Waals surface area contributed by atoms with Crippen molar-refractivity contribution < 1.29 is 9.90 Å². The van der Waals surface area contributed by atoms with Gasteiger partial charge in [0.25, 0.3) is 0 Å². The van der Waals surface area contributed by atoms with Gasteiger partial charge in [-0.2, -0.15) is 0 Å². The van der Waals surface area contributed by atoms with E-state index in [1.807, 2.05) is 42.3 Å². The second-order valence-corrected chi connectivity index (χ2v) is 4.05. The van der Waals surface area contributed by atoms with Gasteiger partial charge in [-0.05, 0) is 12.1 Å². The van der Waals surface area contributed by atoms with E-state index in [0.717, 1.165) is 5.69 Å². The summed E-state index contributed by atoms with van der Waals surface area (Å²) in [5.41, 5.74) is 1.07. The maximum Gasteiger partial charge on any atom is 0.355 e. The van der Waals surface area contributed by atoms with Gasteiger partial charge in [0.1, 0.15) is 0 Å². The number of thiazole rings is 1. The van der Waals surface area contributed by atoms with E-state index < -0.39 is 5.97 Å². The minimum atomic E-state index is -0.996. The average molecular weight is 234 g/mol. The number of para-hydroxylation sites is 1. The minimum Gasteiger partial charge on any atom is -0.476 e. The standard InChI is InChI=1S/C11H10N2O2S/c1-13(8-5-3-2-4-6-8)11-12-9(7-16-11)10(14)15/h2-7H,1H3,(H,14,15). The summed E-state index contributed by atoms with van der Waals surface area (Å²) in [4.78, 5) is 16.6.